The molecule has 0 aliphatic carbocycles. The first-order chi connectivity index (χ1) is 11.0. The minimum Gasteiger partial charge on any atom is -0.466 e. The number of esters is 1. The van der Waals surface area contributed by atoms with E-state index in [4.69, 9.17) is 4.74 Å². The Kier molecular flexibility index (Phi) is 5.17. The number of pyridine rings is 1. The van der Waals surface area contributed by atoms with Crippen molar-refractivity contribution in [2.45, 2.75) is 33.1 Å². The van der Waals surface area contributed by atoms with Gasteiger partial charge in [-0.3, -0.25) is 4.98 Å². The number of allylic oxidation sites excluding steroid dienone is 3. The van der Waals surface area contributed by atoms with Crippen LogP contribution in [0.5, 0.6) is 0 Å². The van der Waals surface area contributed by atoms with Gasteiger partial charge in [-0.25, -0.2) is 4.79 Å². The first-order valence-corrected chi connectivity index (χ1v) is 7.58. The van der Waals surface area contributed by atoms with Crippen molar-refractivity contribution in [1.29, 1.82) is 5.26 Å². The predicted octanol–water partition coefficient (Wildman–Crippen LogP) is 3.04. The third-order valence-electron chi connectivity index (χ3n) is 3.82. The number of dihydropyridines is 1. The van der Waals surface area contributed by atoms with Gasteiger partial charge in [0.25, 0.3) is 0 Å². The van der Waals surface area contributed by atoms with E-state index < -0.39 is 11.9 Å². The largest absolute Gasteiger partial charge is 0.466 e. The van der Waals surface area contributed by atoms with Crippen LogP contribution < -0.4 is 5.32 Å². The number of rotatable bonds is 4. The summed E-state index contributed by atoms with van der Waals surface area (Å²) in [4.78, 5) is 16.3. The van der Waals surface area contributed by atoms with Gasteiger partial charge in [-0.2, -0.15) is 5.26 Å². The molecule has 5 heteroatoms. The van der Waals surface area contributed by atoms with E-state index in [1.165, 1.54) is 7.11 Å². The Hall–Kier alpha value is -2.61. The summed E-state index contributed by atoms with van der Waals surface area (Å²) >= 11 is 0. The van der Waals surface area contributed by atoms with Crippen LogP contribution in [0.2, 0.25) is 0 Å². The lowest BCUT2D eigenvalue weighted by atomic mass is 9.80. The molecule has 0 bridgehead atoms. The van der Waals surface area contributed by atoms with Gasteiger partial charge in [-0.05, 0) is 37.0 Å². The van der Waals surface area contributed by atoms with Crippen molar-refractivity contribution in [3.8, 4) is 6.07 Å². The molecular weight excluding hydrogens is 290 g/mol. The summed E-state index contributed by atoms with van der Waals surface area (Å²) in [6.07, 6.45) is 4.08. The molecule has 0 radical (unpaired) electrons. The van der Waals surface area contributed by atoms with Gasteiger partial charge in [-0.1, -0.05) is 13.8 Å². The van der Waals surface area contributed by atoms with E-state index in [1.807, 2.05) is 19.1 Å². The second-order valence-electron chi connectivity index (χ2n) is 5.97. The Morgan fingerprint density at radius 1 is 1.43 bits per heavy atom. The Labute approximate surface area is 136 Å². The molecule has 1 N–H and O–H groups in total. The molecule has 1 aromatic heterocycles. The van der Waals surface area contributed by atoms with E-state index in [0.717, 1.165) is 23.4 Å². The van der Waals surface area contributed by atoms with E-state index in [0.29, 0.717) is 17.1 Å². The molecule has 0 saturated carbocycles. The van der Waals surface area contributed by atoms with Crippen molar-refractivity contribution in [2.24, 2.45) is 5.92 Å². The number of nitrogens with one attached hydrogen (secondary N) is 1. The number of ether oxygens (including phenoxy) is 1. The number of hydrogen-bond donors (Lipinski definition) is 1. The molecule has 120 valence electrons. The number of methoxy groups -OCH3 is 1. The zero-order valence-corrected chi connectivity index (χ0v) is 13.9. The number of nitrogens with zero attached hydrogens (tertiary/aromatic N) is 2. The molecule has 0 amide bonds. The molecule has 1 aliphatic heterocycles. The number of nitriles is 1. The van der Waals surface area contributed by atoms with Crippen molar-refractivity contribution < 1.29 is 9.53 Å². The molecule has 1 aromatic rings. The predicted molar refractivity (Wildman–Crippen MR) is 86.9 cm³/mol. The molecule has 2 heterocycles. The molecule has 0 aromatic carbocycles. The maximum atomic E-state index is 12.3. The second kappa shape index (κ2) is 7.10. The fourth-order valence-electron chi connectivity index (χ4n) is 2.87. The van der Waals surface area contributed by atoms with E-state index in [1.54, 1.807) is 12.4 Å². The molecule has 23 heavy (non-hydrogen) atoms. The smallest absolute Gasteiger partial charge is 0.336 e. The average molecular weight is 311 g/mol. The summed E-state index contributed by atoms with van der Waals surface area (Å²) in [7, 11) is 1.35. The van der Waals surface area contributed by atoms with Crippen LogP contribution in [-0.2, 0) is 9.53 Å². The molecule has 0 spiro atoms. The third-order valence-corrected chi connectivity index (χ3v) is 3.82. The highest BCUT2D eigenvalue weighted by Crippen LogP contribution is 2.39. The maximum Gasteiger partial charge on any atom is 0.336 e. The maximum absolute atomic E-state index is 12.3. The number of aromatic nitrogens is 1. The van der Waals surface area contributed by atoms with E-state index in [9.17, 15) is 10.1 Å². The summed E-state index contributed by atoms with van der Waals surface area (Å²) in [5.41, 5.74) is 3.50. The van der Waals surface area contributed by atoms with E-state index in [2.05, 4.69) is 30.2 Å². The van der Waals surface area contributed by atoms with Crippen LogP contribution in [0.3, 0.4) is 0 Å². The molecule has 2 rings (SSSR count). The summed E-state index contributed by atoms with van der Waals surface area (Å²) in [5.74, 6) is -0.454. The first kappa shape index (κ1) is 16.8. The normalized spacial score (nSPS) is 17.8. The summed E-state index contributed by atoms with van der Waals surface area (Å²) in [6, 6.07) is 5.95. The Morgan fingerprint density at radius 2 is 2.09 bits per heavy atom. The first-order valence-electron chi connectivity index (χ1n) is 7.58. The number of carbonyl (C=O) groups excluding carboxylic acids is 1. The topological polar surface area (TPSA) is 75.0 Å². The minimum absolute atomic E-state index is 0.395. The number of hydrogen-bond acceptors (Lipinski definition) is 5. The van der Waals surface area contributed by atoms with Crippen LogP contribution in [0.1, 0.15) is 38.7 Å². The molecule has 1 aliphatic rings. The van der Waals surface area contributed by atoms with Gasteiger partial charge in [-0.15, -0.1) is 0 Å². The fourth-order valence-corrected chi connectivity index (χ4v) is 2.87. The molecule has 1 unspecified atom stereocenters. The van der Waals surface area contributed by atoms with Crippen LogP contribution in [0, 0.1) is 17.2 Å². The average Bonchev–Trinajstić information content (AvgIpc) is 2.54. The Bertz CT molecular complexity index is 697. The third kappa shape index (κ3) is 3.42. The van der Waals surface area contributed by atoms with Gasteiger partial charge in [0.2, 0.25) is 0 Å². The van der Waals surface area contributed by atoms with E-state index >= 15 is 0 Å². The Balaban J connectivity index is 2.63. The SMILES string of the molecule is COC(=O)C1=C(C)NC(CC(C)C)=C(C#N)C1c1ccncc1. The van der Waals surface area contributed by atoms with Gasteiger partial charge in [0.1, 0.15) is 0 Å². The van der Waals surface area contributed by atoms with Crippen LogP contribution in [0.15, 0.2) is 47.1 Å². The van der Waals surface area contributed by atoms with Crippen molar-refractivity contribution >= 4 is 5.97 Å². The standard InChI is InChI=1S/C18H21N3O2/c1-11(2)9-15-14(10-19)17(13-5-7-20-8-6-13)16(12(3)21-15)18(22)23-4/h5-8,11,17,21H,9H2,1-4H3. The molecular formula is C18H21N3O2. The van der Waals surface area contributed by atoms with Crippen molar-refractivity contribution in [3.05, 3.63) is 52.6 Å². The zero-order valence-electron chi connectivity index (χ0n) is 13.9. The summed E-state index contributed by atoms with van der Waals surface area (Å²) in [5, 5.41) is 13.0. The highest BCUT2D eigenvalue weighted by atomic mass is 16.5. The fraction of sp³-hybridized carbons (Fsp3) is 0.389. The van der Waals surface area contributed by atoms with Gasteiger partial charge in [0.15, 0.2) is 0 Å². The molecule has 0 saturated heterocycles. The van der Waals surface area contributed by atoms with Crippen molar-refractivity contribution in [1.82, 2.24) is 10.3 Å². The summed E-state index contributed by atoms with van der Waals surface area (Å²) in [6.45, 7) is 6.04. The van der Waals surface area contributed by atoms with Gasteiger partial charge >= 0.3 is 5.97 Å². The second-order valence-corrected chi connectivity index (χ2v) is 5.97. The lowest BCUT2D eigenvalue weighted by molar-refractivity contribution is -0.136. The highest BCUT2D eigenvalue weighted by Gasteiger charge is 2.34. The van der Waals surface area contributed by atoms with Crippen molar-refractivity contribution in [3.63, 3.8) is 0 Å². The lowest BCUT2D eigenvalue weighted by Gasteiger charge is -2.30. The van der Waals surface area contributed by atoms with Gasteiger partial charge < -0.3 is 10.1 Å². The molecule has 5 nitrogen and oxygen atoms in total. The Morgan fingerprint density at radius 3 is 2.61 bits per heavy atom. The molecule has 0 fully saturated rings. The van der Waals surface area contributed by atoms with Gasteiger partial charge in [0.05, 0.1) is 30.2 Å². The quantitative estimate of drug-likeness (QED) is 0.865. The van der Waals surface area contributed by atoms with Crippen LogP contribution >= 0.6 is 0 Å². The van der Waals surface area contributed by atoms with Crippen molar-refractivity contribution in [2.75, 3.05) is 7.11 Å². The van der Waals surface area contributed by atoms with E-state index in [-0.39, 0.29) is 0 Å². The van der Waals surface area contributed by atoms with Crippen LogP contribution in [0.4, 0.5) is 0 Å². The summed E-state index contributed by atoms with van der Waals surface area (Å²) < 4.78 is 4.94. The zero-order chi connectivity index (χ0) is 17.0. The monoisotopic (exact) mass is 311 g/mol. The number of carbonyl (C=O) groups is 1. The highest BCUT2D eigenvalue weighted by molar-refractivity contribution is 5.93. The van der Waals surface area contributed by atoms with Crippen LogP contribution in [0.25, 0.3) is 0 Å². The van der Waals surface area contributed by atoms with Gasteiger partial charge in [0, 0.05) is 23.8 Å². The molecule has 1 atom stereocenters. The lowest BCUT2D eigenvalue weighted by Crippen LogP contribution is -2.29. The van der Waals surface area contributed by atoms with Crippen LogP contribution in [-0.4, -0.2) is 18.1 Å². The minimum atomic E-state index is -0.426.